The quantitative estimate of drug-likeness (QED) is 0.729. The molecule has 1 amide bonds. The summed E-state index contributed by atoms with van der Waals surface area (Å²) in [5.41, 5.74) is 2.50. The fourth-order valence-electron chi connectivity index (χ4n) is 3.45. The molecule has 2 aliphatic rings. The second-order valence-corrected chi connectivity index (χ2v) is 7.28. The number of carbonyl (C=O) groups excluding carboxylic acids is 1. The smallest absolute Gasteiger partial charge is 0.290 e. The SMILES string of the molecule is CN1CC(c2nnc(C3=C[C@@H](NC(=O)c4cc(-c5ccccc5)no4)C3)o2)C1. The molecule has 1 fully saturated rings. The molecule has 0 unspecified atom stereocenters. The van der Waals surface area contributed by atoms with E-state index in [9.17, 15) is 4.79 Å². The van der Waals surface area contributed by atoms with Gasteiger partial charge in [-0.15, -0.1) is 10.2 Å². The highest BCUT2D eigenvalue weighted by Gasteiger charge is 2.32. The molecule has 2 aromatic heterocycles. The van der Waals surface area contributed by atoms with Gasteiger partial charge in [-0.05, 0) is 7.05 Å². The number of rotatable bonds is 5. The van der Waals surface area contributed by atoms with Crippen molar-refractivity contribution in [1.29, 1.82) is 0 Å². The first kappa shape index (κ1) is 16.9. The second-order valence-electron chi connectivity index (χ2n) is 7.28. The zero-order chi connectivity index (χ0) is 19.1. The average Bonchev–Trinajstić information content (AvgIpc) is 3.32. The number of hydrogen-bond donors (Lipinski definition) is 1. The van der Waals surface area contributed by atoms with Crippen molar-refractivity contribution >= 4 is 11.5 Å². The van der Waals surface area contributed by atoms with Crippen LogP contribution < -0.4 is 5.32 Å². The Labute approximate surface area is 161 Å². The fraction of sp³-hybridized carbons (Fsp3) is 0.300. The first-order chi connectivity index (χ1) is 13.7. The molecule has 1 atom stereocenters. The number of likely N-dealkylation sites (tertiary alicyclic amines) is 1. The summed E-state index contributed by atoms with van der Waals surface area (Å²) >= 11 is 0. The molecule has 5 rings (SSSR count). The van der Waals surface area contributed by atoms with Crippen LogP contribution in [0.15, 0.2) is 51.4 Å². The third-order valence-corrected chi connectivity index (χ3v) is 5.09. The molecule has 8 heteroatoms. The number of hydrogen-bond acceptors (Lipinski definition) is 7. The van der Waals surface area contributed by atoms with Gasteiger partial charge in [0, 0.05) is 36.7 Å². The van der Waals surface area contributed by atoms with E-state index < -0.39 is 0 Å². The zero-order valence-electron chi connectivity index (χ0n) is 15.3. The molecule has 28 heavy (non-hydrogen) atoms. The number of carbonyl (C=O) groups is 1. The molecular formula is C20H19N5O3. The number of nitrogens with one attached hydrogen (secondary N) is 1. The van der Waals surface area contributed by atoms with E-state index in [1.807, 2.05) is 36.4 Å². The molecular weight excluding hydrogens is 358 g/mol. The number of benzene rings is 1. The summed E-state index contributed by atoms with van der Waals surface area (Å²) < 4.78 is 11.0. The third-order valence-electron chi connectivity index (χ3n) is 5.09. The third kappa shape index (κ3) is 3.11. The monoisotopic (exact) mass is 377 g/mol. The van der Waals surface area contributed by atoms with Crippen molar-refractivity contribution in [3.8, 4) is 11.3 Å². The molecule has 1 N–H and O–H groups in total. The summed E-state index contributed by atoms with van der Waals surface area (Å²) in [7, 11) is 2.06. The maximum absolute atomic E-state index is 12.4. The lowest BCUT2D eigenvalue weighted by molar-refractivity contribution is 0.0906. The molecule has 142 valence electrons. The van der Waals surface area contributed by atoms with Crippen molar-refractivity contribution in [2.24, 2.45) is 0 Å². The van der Waals surface area contributed by atoms with Crippen molar-refractivity contribution in [2.45, 2.75) is 18.4 Å². The Hall–Kier alpha value is -3.26. The lowest BCUT2D eigenvalue weighted by atomic mass is 9.93. The van der Waals surface area contributed by atoms with Gasteiger partial charge in [0.25, 0.3) is 5.91 Å². The largest absolute Gasteiger partial charge is 0.421 e. The Morgan fingerprint density at radius 2 is 2.00 bits per heavy atom. The van der Waals surface area contributed by atoms with Gasteiger partial charge in [-0.1, -0.05) is 41.6 Å². The molecule has 1 saturated heterocycles. The van der Waals surface area contributed by atoms with Crippen molar-refractivity contribution in [3.63, 3.8) is 0 Å². The standard InChI is InChI=1S/C20H19N5O3/c1-25-10-14(11-25)20-23-22-19(27-20)13-7-15(8-13)21-18(26)17-9-16(24-28-17)12-5-3-2-4-6-12/h2-7,9,14-15H,8,10-11H2,1H3,(H,21,26)/t15-/m1/s1. The number of likely N-dealkylation sites (N-methyl/N-ethyl adjacent to an activating group) is 1. The van der Waals surface area contributed by atoms with Crippen LogP contribution in [0.4, 0.5) is 0 Å². The van der Waals surface area contributed by atoms with Crippen LogP contribution in [0, 0.1) is 0 Å². The molecule has 1 aliphatic carbocycles. The summed E-state index contributed by atoms with van der Waals surface area (Å²) in [6.45, 7) is 1.89. The highest BCUT2D eigenvalue weighted by Crippen LogP contribution is 2.31. The minimum absolute atomic E-state index is 0.0852. The van der Waals surface area contributed by atoms with Gasteiger partial charge in [-0.2, -0.15) is 0 Å². The lowest BCUT2D eigenvalue weighted by Crippen LogP contribution is -2.41. The Morgan fingerprint density at radius 1 is 1.21 bits per heavy atom. The molecule has 8 nitrogen and oxygen atoms in total. The van der Waals surface area contributed by atoms with Gasteiger partial charge in [0.2, 0.25) is 17.5 Å². The van der Waals surface area contributed by atoms with E-state index in [1.54, 1.807) is 6.07 Å². The van der Waals surface area contributed by atoms with Gasteiger partial charge >= 0.3 is 0 Å². The van der Waals surface area contributed by atoms with E-state index in [0.717, 1.165) is 24.2 Å². The number of aromatic nitrogens is 3. The van der Waals surface area contributed by atoms with Crippen LogP contribution >= 0.6 is 0 Å². The number of amides is 1. The maximum Gasteiger partial charge on any atom is 0.290 e. The van der Waals surface area contributed by atoms with Crippen LogP contribution in [-0.2, 0) is 0 Å². The van der Waals surface area contributed by atoms with Gasteiger partial charge in [0.05, 0.1) is 12.0 Å². The Morgan fingerprint density at radius 3 is 2.75 bits per heavy atom. The molecule has 0 spiro atoms. The first-order valence-corrected chi connectivity index (χ1v) is 9.22. The topological polar surface area (TPSA) is 97.3 Å². The first-order valence-electron chi connectivity index (χ1n) is 9.22. The van der Waals surface area contributed by atoms with Crippen LogP contribution in [0.1, 0.15) is 34.7 Å². The molecule has 1 aliphatic heterocycles. The summed E-state index contributed by atoms with van der Waals surface area (Å²) in [5, 5.41) is 15.2. The van der Waals surface area contributed by atoms with Gasteiger partial charge in [0.1, 0.15) is 5.69 Å². The molecule has 0 bridgehead atoms. The lowest BCUT2D eigenvalue weighted by Gasteiger charge is -2.33. The van der Waals surface area contributed by atoms with Crippen LogP contribution in [0.25, 0.3) is 16.8 Å². The van der Waals surface area contributed by atoms with E-state index in [1.165, 1.54) is 0 Å². The Balaban J connectivity index is 1.20. The summed E-state index contributed by atoms with van der Waals surface area (Å²) in [5.74, 6) is 1.46. The Bertz CT molecular complexity index is 1030. The van der Waals surface area contributed by atoms with Crippen LogP contribution in [0.3, 0.4) is 0 Å². The normalized spacial score (nSPS) is 19.6. The molecule has 3 aromatic rings. The van der Waals surface area contributed by atoms with Gasteiger partial charge in [-0.25, -0.2) is 0 Å². The Kier molecular flexibility index (Phi) is 4.05. The van der Waals surface area contributed by atoms with Gasteiger partial charge in [0.15, 0.2) is 0 Å². The zero-order valence-corrected chi connectivity index (χ0v) is 15.3. The van der Waals surface area contributed by atoms with Crippen molar-refractivity contribution < 1.29 is 13.7 Å². The molecule has 0 saturated carbocycles. The highest BCUT2D eigenvalue weighted by molar-refractivity contribution is 5.93. The number of nitrogens with zero attached hydrogens (tertiary/aromatic N) is 4. The average molecular weight is 377 g/mol. The second kappa shape index (κ2) is 6.72. The maximum atomic E-state index is 12.4. The van der Waals surface area contributed by atoms with Crippen molar-refractivity contribution in [1.82, 2.24) is 25.6 Å². The van der Waals surface area contributed by atoms with Gasteiger partial charge in [-0.3, -0.25) is 4.79 Å². The minimum atomic E-state index is -0.293. The molecule has 0 radical (unpaired) electrons. The van der Waals surface area contributed by atoms with E-state index in [0.29, 0.717) is 29.8 Å². The molecule has 3 heterocycles. The predicted molar refractivity (Wildman–Crippen MR) is 100 cm³/mol. The van der Waals surface area contributed by atoms with E-state index in [2.05, 4.69) is 32.6 Å². The summed E-state index contributed by atoms with van der Waals surface area (Å²) in [4.78, 5) is 14.6. The van der Waals surface area contributed by atoms with E-state index in [4.69, 9.17) is 8.94 Å². The summed E-state index contributed by atoms with van der Waals surface area (Å²) in [6, 6.07) is 11.1. The van der Waals surface area contributed by atoms with E-state index in [-0.39, 0.29) is 17.7 Å². The minimum Gasteiger partial charge on any atom is -0.421 e. The van der Waals surface area contributed by atoms with Crippen molar-refractivity contribution in [3.05, 3.63) is 60.0 Å². The molecule has 1 aromatic carbocycles. The van der Waals surface area contributed by atoms with Crippen LogP contribution in [-0.4, -0.2) is 52.3 Å². The van der Waals surface area contributed by atoms with Crippen LogP contribution in [0.2, 0.25) is 0 Å². The summed E-state index contributed by atoms with van der Waals surface area (Å²) in [6.07, 6.45) is 2.58. The van der Waals surface area contributed by atoms with Gasteiger partial charge < -0.3 is 19.2 Å². The van der Waals surface area contributed by atoms with E-state index >= 15 is 0 Å². The van der Waals surface area contributed by atoms with Crippen LogP contribution in [0.5, 0.6) is 0 Å². The highest BCUT2D eigenvalue weighted by atomic mass is 16.5. The predicted octanol–water partition coefficient (Wildman–Crippen LogP) is 2.34. The van der Waals surface area contributed by atoms with Crippen molar-refractivity contribution in [2.75, 3.05) is 20.1 Å². The fourth-order valence-corrected chi connectivity index (χ4v) is 3.45.